The summed E-state index contributed by atoms with van der Waals surface area (Å²) in [6, 6.07) is 12.3. The summed E-state index contributed by atoms with van der Waals surface area (Å²) in [5, 5.41) is 3.84. The van der Waals surface area contributed by atoms with E-state index >= 15 is 0 Å². The molecule has 0 radical (unpaired) electrons. The monoisotopic (exact) mass is 406 g/mol. The summed E-state index contributed by atoms with van der Waals surface area (Å²) < 4.78 is 26.3. The Morgan fingerprint density at radius 2 is 2.03 bits per heavy atom. The van der Waals surface area contributed by atoms with Gasteiger partial charge in [-0.1, -0.05) is 12.1 Å². The van der Waals surface area contributed by atoms with Crippen molar-refractivity contribution in [3.05, 3.63) is 60.0 Å². The maximum Gasteiger partial charge on any atom is 0.217 e. The zero-order chi connectivity index (χ0) is 20.7. The lowest BCUT2D eigenvalue weighted by Gasteiger charge is -2.44. The number of ether oxygens (including phenoxy) is 2. The van der Waals surface area contributed by atoms with Crippen LogP contribution < -0.4 is 10.1 Å². The third-order valence-corrected chi connectivity index (χ3v) is 6.05. The third-order valence-electron chi connectivity index (χ3n) is 6.05. The van der Waals surface area contributed by atoms with Gasteiger partial charge in [0.15, 0.2) is 0 Å². The normalized spacial score (nSPS) is 19.9. The molecule has 30 heavy (non-hydrogen) atoms. The Kier molecular flexibility index (Phi) is 4.66. The van der Waals surface area contributed by atoms with Crippen LogP contribution in [-0.2, 0) is 9.53 Å². The van der Waals surface area contributed by atoms with E-state index in [2.05, 4.69) is 10.3 Å². The van der Waals surface area contributed by atoms with Crippen molar-refractivity contribution in [3.63, 3.8) is 0 Å². The smallest absolute Gasteiger partial charge is 0.217 e. The van der Waals surface area contributed by atoms with Crippen molar-refractivity contribution in [1.82, 2.24) is 10.3 Å². The van der Waals surface area contributed by atoms with Gasteiger partial charge in [0.1, 0.15) is 17.2 Å². The molecule has 6 heteroatoms. The summed E-state index contributed by atoms with van der Waals surface area (Å²) in [4.78, 5) is 16.4. The molecular formula is C24H23FN2O3. The van der Waals surface area contributed by atoms with Crippen LogP contribution in [0.2, 0.25) is 0 Å². The molecule has 1 amide bonds. The van der Waals surface area contributed by atoms with Crippen molar-refractivity contribution in [2.75, 3.05) is 13.2 Å². The van der Waals surface area contributed by atoms with Crippen LogP contribution >= 0.6 is 0 Å². The Hall–Kier alpha value is -2.99. The molecule has 1 spiro atoms. The molecule has 1 atom stereocenters. The Balaban J connectivity index is 1.61. The number of carbonyl (C=O) groups excluding carboxylic acids is 1. The number of fused-ring (bicyclic) bond motifs is 2. The van der Waals surface area contributed by atoms with Crippen molar-refractivity contribution in [3.8, 4) is 16.9 Å². The highest BCUT2D eigenvalue weighted by Gasteiger charge is 2.42. The molecule has 3 heterocycles. The van der Waals surface area contributed by atoms with Crippen LogP contribution in [0.4, 0.5) is 4.39 Å². The zero-order valence-corrected chi connectivity index (χ0v) is 16.8. The van der Waals surface area contributed by atoms with E-state index in [0.29, 0.717) is 19.6 Å². The van der Waals surface area contributed by atoms with E-state index in [1.54, 1.807) is 12.3 Å². The van der Waals surface area contributed by atoms with E-state index in [9.17, 15) is 9.18 Å². The summed E-state index contributed by atoms with van der Waals surface area (Å²) in [5.41, 5.74) is 2.90. The van der Waals surface area contributed by atoms with Crippen LogP contribution in [0.5, 0.6) is 5.75 Å². The molecule has 2 aliphatic heterocycles. The Bertz CT molecular complexity index is 1120. The summed E-state index contributed by atoms with van der Waals surface area (Å²) >= 11 is 0. The fourth-order valence-electron chi connectivity index (χ4n) is 4.64. The lowest BCUT2D eigenvalue weighted by molar-refractivity contribution is -0.121. The highest BCUT2D eigenvalue weighted by Crippen LogP contribution is 2.45. The number of hydrogen-bond acceptors (Lipinski definition) is 4. The van der Waals surface area contributed by atoms with Crippen molar-refractivity contribution >= 4 is 16.8 Å². The van der Waals surface area contributed by atoms with Crippen molar-refractivity contribution in [2.45, 2.75) is 37.8 Å². The maximum atomic E-state index is 14.3. The molecule has 1 fully saturated rings. The second-order valence-corrected chi connectivity index (χ2v) is 8.14. The average molecular weight is 406 g/mol. The standard InChI is InChI=1S/C24H23FN2O3/c1-15(28)27-21-14-24(6-9-29-10-7-24)30-22-5-4-16(12-20(21)22)19-13-18(25)11-17-3-2-8-26-23(17)19/h2-5,8,11-13,21H,6-7,9-10,14H2,1H3,(H,27,28). The first kappa shape index (κ1) is 19.0. The number of hydrogen-bond donors (Lipinski definition) is 1. The molecule has 5 rings (SSSR count). The molecule has 154 valence electrons. The molecule has 1 N–H and O–H groups in total. The van der Waals surface area contributed by atoms with Crippen LogP contribution in [0.25, 0.3) is 22.0 Å². The van der Waals surface area contributed by atoms with Crippen LogP contribution in [0, 0.1) is 5.82 Å². The highest BCUT2D eigenvalue weighted by molar-refractivity contribution is 5.93. The molecule has 3 aromatic rings. The molecule has 1 saturated heterocycles. The van der Waals surface area contributed by atoms with Gasteiger partial charge in [0.05, 0.1) is 24.8 Å². The van der Waals surface area contributed by atoms with Crippen molar-refractivity contribution < 1.29 is 18.7 Å². The molecule has 1 aromatic heterocycles. The largest absolute Gasteiger partial charge is 0.487 e. The van der Waals surface area contributed by atoms with Gasteiger partial charge in [-0.05, 0) is 35.9 Å². The maximum absolute atomic E-state index is 14.3. The molecule has 0 bridgehead atoms. The fourth-order valence-corrected chi connectivity index (χ4v) is 4.64. The van der Waals surface area contributed by atoms with Gasteiger partial charge in [0.2, 0.25) is 5.91 Å². The first-order valence-electron chi connectivity index (χ1n) is 10.3. The van der Waals surface area contributed by atoms with Gasteiger partial charge in [-0.15, -0.1) is 0 Å². The number of benzene rings is 2. The molecule has 2 aromatic carbocycles. The molecule has 0 saturated carbocycles. The topological polar surface area (TPSA) is 60.5 Å². The molecule has 0 aliphatic carbocycles. The van der Waals surface area contributed by atoms with Gasteiger partial charge in [0.25, 0.3) is 0 Å². The first-order valence-corrected chi connectivity index (χ1v) is 10.3. The second kappa shape index (κ2) is 7.36. The number of aromatic nitrogens is 1. The number of nitrogens with zero attached hydrogens (tertiary/aromatic N) is 1. The van der Waals surface area contributed by atoms with Crippen LogP contribution in [0.1, 0.15) is 37.8 Å². The Morgan fingerprint density at radius 3 is 2.83 bits per heavy atom. The Labute approximate surface area is 174 Å². The van der Waals surface area contributed by atoms with Crippen LogP contribution in [0.3, 0.4) is 0 Å². The fraction of sp³-hybridized carbons (Fsp3) is 0.333. The number of carbonyl (C=O) groups is 1. The second-order valence-electron chi connectivity index (χ2n) is 8.14. The van der Waals surface area contributed by atoms with Gasteiger partial charge in [-0.3, -0.25) is 9.78 Å². The van der Waals surface area contributed by atoms with Crippen LogP contribution in [0.15, 0.2) is 48.7 Å². The summed E-state index contributed by atoms with van der Waals surface area (Å²) in [6.45, 7) is 2.84. The minimum Gasteiger partial charge on any atom is -0.487 e. The van der Waals surface area contributed by atoms with Gasteiger partial charge >= 0.3 is 0 Å². The van der Waals surface area contributed by atoms with Crippen molar-refractivity contribution in [2.24, 2.45) is 0 Å². The minimum absolute atomic E-state index is 0.0849. The Morgan fingerprint density at radius 1 is 1.20 bits per heavy atom. The third kappa shape index (κ3) is 3.41. The summed E-state index contributed by atoms with van der Waals surface area (Å²) in [7, 11) is 0. The van der Waals surface area contributed by atoms with E-state index in [4.69, 9.17) is 9.47 Å². The van der Waals surface area contributed by atoms with Gasteiger partial charge in [-0.25, -0.2) is 4.39 Å². The minimum atomic E-state index is -0.326. The molecule has 5 nitrogen and oxygen atoms in total. The quantitative estimate of drug-likeness (QED) is 0.678. The van der Waals surface area contributed by atoms with Gasteiger partial charge in [0, 0.05) is 48.9 Å². The lowest BCUT2D eigenvalue weighted by atomic mass is 9.81. The molecule has 2 aliphatic rings. The average Bonchev–Trinajstić information content (AvgIpc) is 2.73. The van der Waals surface area contributed by atoms with Crippen LogP contribution in [-0.4, -0.2) is 29.7 Å². The number of halogens is 1. The molecular weight excluding hydrogens is 383 g/mol. The number of pyridine rings is 1. The summed E-state index contributed by atoms with van der Waals surface area (Å²) in [6.07, 6.45) is 3.99. The van der Waals surface area contributed by atoms with E-state index < -0.39 is 0 Å². The number of amides is 1. The predicted molar refractivity (Wildman–Crippen MR) is 112 cm³/mol. The predicted octanol–water partition coefficient (Wildman–Crippen LogP) is 4.55. The lowest BCUT2D eigenvalue weighted by Crippen LogP contribution is -2.48. The summed E-state index contributed by atoms with van der Waals surface area (Å²) in [5.74, 6) is 0.372. The van der Waals surface area contributed by atoms with E-state index in [1.165, 1.54) is 19.1 Å². The van der Waals surface area contributed by atoms with E-state index in [1.807, 2.05) is 24.3 Å². The SMILES string of the molecule is CC(=O)NC1CC2(CCOCC2)Oc2ccc(-c3cc(F)cc4cccnc34)cc21. The number of nitrogens with one attached hydrogen (secondary N) is 1. The number of rotatable bonds is 2. The van der Waals surface area contributed by atoms with E-state index in [0.717, 1.165) is 46.2 Å². The highest BCUT2D eigenvalue weighted by atomic mass is 19.1. The van der Waals surface area contributed by atoms with Crippen molar-refractivity contribution in [1.29, 1.82) is 0 Å². The van der Waals surface area contributed by atoms with E-state index in [-0.39, 0.29) is 23.4 Å². The zero-order valence-electron chi connectivity index (χ0n) is 16.8. The van der Waals surface area contributed by atoms with Gasteiger partial charge < -0.3 is 14.8 Å². The first-order chi connectivity index (χ1) is 14.5. The molecule has 1 unspecified atom stereocenters. The van der Waals surface area contributed by atoms with Gasteiger partial charge in [-0.2, -0.15) is 0 Å².